The first kappa shape index (κ1) is 10.0. The molecular weight excluding hydrogens is 188 g/mol. The molecule has 3 nitrogen and oxygen atoms in total. The average Bonchev–Trinajstić information content (AvgIpc) is 2.13. The molecule has 1 saturated heterocycles. The molecule has 3 heteroatoms. The van der Waals surface area contributed by atoms with Crippen LogP contribution in [0.5, 0.6) is 0 Å². The van der Waals surface area contributed by atoms with Crippen LogP contribution in [0.2, 0.25) is 0 Å². The van der Waals surface area contributed by atoms with Crippen LogP contribution in [0.3, 0.4) is 0 Å². The second-order valence-corrected chi connectivity index (χ2v) is 4.54. The Balaban J connectivity index is 2.58. The number of carbonyl (C=O) groups excluding carboxylic acids is 1. The van der Waals surface area contributed by atoms with Crippen molar-refractivity contribution in [2.45, 2.75) is 26.2 Å². The lowest BCUT2D eigenvalue weighted by molar-refractivity contribution is -0.132. The number of nitrogens with two attached hydrogens (primary N) is 1. The fraction of sp³-hybridized carbons (Fsp3) is 0.417. The second-order valence-electron chi connectivity index (χ2n) is 4.54. The Bertz CT molecular complexity index is 416. The number of aryl methyl sites for hydroxylation is 2. The third-order valence-corrected chi connectivity index (χ3v) is 3.21. The summed E-state index contributed by atoms with van der Waals surface area (Å²) < 4.78 is 0. The van der Waals surface area contributed by atoms with Gasteiger partial charge in [-0.05, 0) is 49.6 Å². The zero-order valence-corrected chi connectivity index (χ0v) is 9.35. The van der Waals surface area contributed by atoms with Gasteiger partial charge in [0.15, 0.2) is 0 Å². The predicted octanol–water partition coefficient (Wildman–Crippen LogP) is 1.27. The van der Waals surface area contributed by atoms with E-state index in [9.17, 15) is 4.79 Å². The topological polar surface area (TPSA) is 55.1 Å². The normalized spacial score (nSPS) is 24.6. The van der Waals surface area contributed by atoms with E-state index < -0.39 is 0 Å². The first-order valence-electron chi connectivity index (χ1n) is 5.10. The molecule has 0 aliphatic carbocycles. The predicted molar refractivity (Wildman–Crippen MR) is 60.7 cm³/mol. The zero-order chi connectivity index (χ0) is 11.2. The molecule has 1 aromatic rings. The quantitative estimate of drug-likeness (QED) is 0.534. The molecule has 1 aliphatic heterocycles. The maximum absolute atomic E-state index is 11.6. The van der Waals surface area contributed by atoms with Gasteiger partial charge in [0.1, 0.15) is 0 Å². The average molecular weight is 204 g/mol. The van der Waals surface area contributed by atoms with Crippen LogP contribution in [-0.2, 0) is 10.2 Å². The molecule has 0 radical (unpaired) electrons. The molecule has 1 unspecified atom stereocenters. The van der Waals surface area contributed by atoms with Crippen molar-refractivity contribution in [2.75, 3.05) is 12.3 Å². The van der Waals surface area contributed by atoms with Crippen molar-refractivity contribution in [3.05, 3.63) is 28.8 Å². The summed E-state index contributed by atoms with van der Waals surface area (Å²) in [4.78, 5) is 11.6. The minimum Gasteiger partial charge on any atom is -0.399 e. The molecule has 0 aromatic heterocycles. The number of hydrogen-bond donors (Lipinski definition) is 2. The highest BCUT2D eigenvalue weighted by molar-refractivity contribution is 5.94. The van der Waals surface area contributed by atoms with Crippen LogP contribution in [0.4, 0.5) is 5.69 Å². The number of rotatable bonds is 1. The van der Waals surface area contributed by atoms with Crippen molar-refractivity contribution in [3.8, 4) is 0 Å². The first-order valence-corrected chi connectivity index (χ1v) is 5.10. The van der Waals surface area contributed by atoms with E-state index in [1.54, 1.807) is 0 Å². The van der Waals surface area contributed by atoms with Gasteiger partial charge in [0.05, 0.1) is 5.41 Å². The minimum absolute atomic E-state index is 0.110. The number of hydrogen-bond acceptors (Lipinski definition) is 2. The fourth-order valence-electron chi connectivity index (χ4n) is 2.49. The maximum Gasteiger partial charge on any atom is 0.232 e. The molecule has 1 fully saturated rings. The van der Waals surface area contributed by atoms with Crippen LogP contribution in [0.15, 0.2) is 12.1 Å². The van der Waals surface area contributed by atoms with Crippen LogP contribution < -0.4 is 11.1 Å². The van der Waals surface area contributed by atoms with Gasteiger partial charge in [-0.2, -0.15) is 0 Å². The van der Waals surface area contributed by atoms with Gasteiger partial charge in [-0.3, -0.25) is 4.79 Å². The zero-order valence-electron chi connectivity index (χ0n) is 9.35. The third-order valence-electron chi connectivity index (χ3n) is 3.21. The summed E-state index contributed by atoms with van der Waals surface area (Å²) in [6.45, 7) is 6.72. The van der Waals surface area contributed by atoms with Gasteiger partial charge in [-0.1, -0.05) is 0 Å². The molecule has 15 heavy (non-hydrogen) atoms. The van der Waals surface area contributed by atoms with Crippen LogP contribution in [0, 0.1) is 13.8 Å². The molecule has 1 aliphatic rings. The van der Waals surface area contributed by atoms with Crippen molar-refractivity contribution in [1.82, 2.24) is 5.32 Å². The van der Waals surface area contributed by atoms with E-state index in [-0.39, 0.29) is 11.3 Å². The van der Waals surface area contributed by atoms with Crippen LogP contribution in [0.25, 0.3) is 0 Å². The summed E-state index contributed by atoms with van der Waals surface area (Å²) in [5.41, 5.74) is 9.50. The van der Waals surface area contributed by atoms with E-state index in [1.807, 2.05) is 32.9 Å². The standard InChI is InChI=1S/C12H16N2O/c1-7-4-9(13)5-8(2)10(7)12(3)6-14-11(12)15/h4-5H,6,13H2,1-3H3,(H,14,15). The van der Waals surface area contributed by atoms with Gasteiger partial charge in [-0.25, -0.2) is 0 Å². The Kier molecular flexibility index (Phi) is 2.00. The molecule has 0 bridgehead atoms. The van der Waals surface area contributed by atoms with Crippen LogP contribution >= 0.6 is 0 Å². The summed E-state index contributed by atoms with van der Waals surface area (Å²) in [6, 6.07) is 3.86. The Labute approximate surface area is 89.7 Å². The fourth-order valence-corrected chi connectivity index (χ4v) is 2.49. The summed E-state index contributed by atoms with van der Waals surface area (Å²) in [6.07, 6.45) is 0. The van der Waals surface area contributed by atoms with Crippen molar-refractivity contribution in [1.29, 1.82) is 0 Å². The number of anilines is 1. The molecular formula is C12H16N2O. The Morgan fingerprint density at radius 2 is 1.87 bits per heavy atom. The van der Waals surface area contributed by atoms with E-state index in [2.05, 4.69) is 5.32 Å². The van der Waals surface area contributed by atoms with Crippen molar-refractivity contribution in [2.24, 2.45) is 0 Å². The summed E-state index contributed by atoms with van der Waals surface area (Å²) in [5.74, 6) is 0.110. The molecule has 80 valence electrons. The highest BCUT2D eigenvalue weighted by Crippen LogP contribution is 2.34. The monoisotopic (exact) mass is 204 g/mol. The van der Waals surface area contributed by atoms with Crippen molar-refractivity contribution in [3.63, 3.8) is 0 Å². The highest BCUT2D eigenvalue weighted by Gasteiger charge is 2.44. The Morgan fingerprint density at radius 3 is 2.20 bits per heavy atom. The van der Waals surface area contributed by atoms with E-state index in [0.29, 0.717) is 0 Å². The number of nitrogens with one attached hydrogen (secondary N) is 1. The number of nitrogen functional groups attached to an aromatic ring is 1. The molecule has 2 rings (SSSR count). The maximum atomic E-state index is 11.6. The van der Waals surface area contributed by atoms with Crippen molar-refractivity contribution < 1.29 is 4.79 Å². The molecule has 0 saturated carbocycles. The number of carbonyl (C=O) groups is 1. The van der Waals surface area contributed by atoms with E-state index in [0.717, 1.165) is 28.9 Å². The third kappa shape index (κ3) is 1.30. The molecule has 1 atom stereocenters. The first-order chi connectivity index (χ1) is 6.95. The van der Waals surface area contributed by atoms with E-state index in [4.69, 9.17) is 5.73 Å². The second kappa shape index (κ2) is 2.99. The molecule has 0 spiro atoms. The summed E-state index contributed by atoms with van der Waals surface area (Å²) in [5, 5.41) is 2.80. The van der Waals surface area contributed by atoms with E-state index in [1.165, 1.54) is 0 Å². The van der Waals surface area contributed by atoms with Crippen LogP contribution in [-0.4, -0.2) is 12.5 Å². The van der Waals surface area contributed by atoms with Gasteiger partial charge in [0.2, 0.25) is 5.91 Å². The largest absolute Gasteiger partial charge is 0.399 e. The summed E-state index contributed by atoms with van der Waals surface area (Å²) >= 11 is 0. The molecule has 1 amide bonds. The SMILES string of the molecule is Cc1cc(N)cc(C)c1C1(C)CNC1=O. The lowest BCUT2D eigenvalue weighted by Gasteiger charge is -2.40. The lowest BCUT2D eigenvalue weighted by atomic mass is 9.72. The number of β-lactam (4-membered cyclic amide) rings is 1. The van der Waals surface area contributed by atoms with Gasteiger partial charge in [0.25, 0.3) is 0 Å². The summed E-state index contributed by atoms with van der Waals surface area (Å²) in [7, 11) is 0. The molecule has 3 N–H and O–H groups in total. The number of benzene rings is 1. The van der Waals surface area contributed by atoms with Gasteiger partial charge >= 0.3 is 0 Å². The van der Waals surface area contributed by atoms with Gasteiger partial charge < -0.3 is 11.1 Å². The Hall–Kier alpha value is -1.51. The number of amides is 1. The van der Waals surface area contributed by atoms with E-state index >= 15 is 0 Å². The van der Waals surface area contributed by atoms with Gasteiger partial charge in [-0.15, -0.1) is 0 Å². The van der Waals surface area contributed by atoms with Gasteiger partial charge in [0, 0.05) is 12.2 Å². The lowest BCUT2D eigenvalue weighted by Crippen LogP contribution is -2.60. The minimum atomic E-state index is -0.359. The van der Waals surface area contributed by atoms with Crippen molar-refractivity contribution >= 4 is 11.6 Å². The smallest absolute Gasteiger partial charge is 0.232 e. The Morgan fingerprint density at radius 1 is 1.33 bits per heavy atom. The molecule has 1 aromatic carbocycles. The highest BCUT2D eigenvalue weighted by atomic mass is 16.2. The van der Waals surface area contributed by atoms with Crippen LogP contribution in [0.1, 0.15) is 23.6 Å². The molecule has 1 heterocycles.